The van der Waals surface area contributed by atoms with Crippen molar-refractivity contribution in [2.75, 3.05) is 46.5 Å². The van der Waals surface area contributed by atoms with Crippen LogP contribution in [-0.2, 0) is 16.1 Å². The van der Waals surface area contributed by atoms with E-state index in [2.05, 4.69) is 10.1 Å². The summed E-state index contributed by atoms with van der Waals surface area (Å²) in [4.78, 5) is 20.4. The maximum absolute atomic E-state index is 12.2. The molecule has 0 spiro atoms. The summed E-state index contributed by atoms with van der Waals surface area (Å²) in [5, 5.41) is 4.04. The second-order valence-electron chi connectivity index (χ2n) is 6.05. The first kappa shape index (κ1) is 18.3. The fourth-order valence-electron chi connectivity index (χ4n) is 2.82. The zero-order valence-corrected chi connectivity index (χ0v) is 15.2. The Morgan fingerprint density at radius 2 is 2.04 bits per heavy atom. The van der Waals surface area contributed by atoms with Crippen molar-refractivity contribution in [1.82, 2.24) is 19.9 Å². The van der Waals surface area contributed by atoms with Gasteiger partial charge in [0.05, 0.1) is 26.3 Å². The van der Waals surface area contributed by atoms with E-state index in [9.17, 15) is 4.79 Å². The van der Waals surface area contributed by atoms with Gasteiger partial charge in [-0.1, -0.05) is 5.16 Å². The number of piperazine rings is 1. The van der Waals surface area contributed by atoms with Gasteiger partial charge in [0, 0.05) is 32.3 Å². The second-order valence-corrected chi connectivity index (χ2v) is 6.05. The van der Waals surface area contributed by atoms with Crippen LogP contribution in [0.25, 0.3) is 11.4 Å². The average Bonchev–Trinajstić information content (AvgIpc) is 3.10. The number of carbonyl (C=O) groups excluding carboxylic acids is 1. The third-order valence-corrected chi connectivity index (χ3v) is 4.21. The van der Waals surface area contributed by atoms with E-state index < -0.39 is 0 Å². The first-order valence-electron chi connectivity index (χ1n) is 8.74. The van der Waals surface area contributed by atoms with Gasteiger partial charge >= 0.3 is 0 Å². The van der Waals surface area contributed by atoms with E-state index >= 15 is 0 Å². The Hall–Kier alpha value is -2.45. The molecule has 0 N–H and O–H groups in total. The van der Waals surface area contributed by atoms with Crippen molar-refractivity contribution in [3.63, 3.8) is 0 Å². The molecule has 0 aliphatic carbocycles. The smallest absolute Gasteiger partial charge is 0.241 e. The van der Waals surface area contributed by atoms with Crippen LogP contribution in [0.5, 0.6) is 5.75 Å². The average molecular weight is 360 g/mol. The van der Waals surface area contributed by atoms with E-state index in [0.29, 0.717) is 51.1 Å². The summed E-state index contributed by atoms with van der Waals surface area (Å²) in [6, 6.07) is 7.56. The maximum atomic E-state index is 12.2. The number of benzene rings is 1. The number of ether oxygens (including phenoxy) is 2. The van der Waals surface area contributed by atoms with Crippen LogP contribution < -0.4 is 4.74 Å². The number of methoxy groups -OCH3 is 1. The van der Waals surface area contributed by atoms with Crippen LogP contribution in [0.4, 0.5) is 0 Å². The lowest BCUT2D eigenvalue weighted by atomic mass is 10.2. The molecule has 1 aromatic heterocycles. The molecule has 1 aliphatic heterocycles. The summed E-state index contributed by atoms with van der Waals surface area (Å²) in [7, 11) is 1.64. The molecule has 8 heteroatoms. The second kappa shape index (κ2) is 8.77. The lowest BCUT2D eigenvalue weighted by Crippen LogP contribution is -2.50. The van der Waals surface area contributed by atoms with Gasteiger partial charge in [-0.3, -0.25) is 9.69 Å². The monoisotopic (exact) mass is 360 g/mol. The molecule has 2 aromatic rings. The van der Waals surface area contributed by atoms with Crippen LogP contribution in [0.1, 0.15) is 12.8 Å². The highest BCUT2D eigenvalue weighted by molar-refractivity contribution is 5.79. The van der Waals surface area contributed by atoms with Gasteiger partial charge in [0.2, 0.25) is 17.6 Å². The van der Waals surface area contributed by atoms with E-state index in [1.54, 1.807) is 7.11 Å². The first-order valence-corrected chi connectivity index (χ1v) is 8.74. The molecule has 8 nitrogen and oxygen atoms in total. The predicted molar refractivity (Wildman–Crippen MR) is 94.6 cm³/mol. The molecular weight excluding hydrogens is 336 g/mol. The highest BCUT2D eigenvalue weighted by Gasteiger charge is 2.25. The molecule has 1 amide bonds. The number of hydrogen-bond donors (Lipinski definition) is 0. The van der Waals surface area contributed by atoms with Crippen LogP contribution in [0.3, 0.4) is 0 Å². The van der Waals surface area contributed by atoms with Crippen LogP contribution in [0.15, 0.2) is 28.8 Å². The number of amides is 1. The molecule has 0 radical (unpaired) electrons. The van der Waals surface area contributed by atoms with Gasteiger partial charge in [0.25, 0.3) is 0 Å². The Balaban J connectivity index is 1.56. The standard InChI is InChI=1S/C18H24N4O4/c1-3-25-15-6-4-14(5-7-15)18-19-16(26-20-18)12-21-8-9-22(10-11-24-2)17(23)13-21/h4-7H,3,8-13H2,1-2H3. The fraction of sp³-hybridized carbons (Fsp3) is 0.500. The normalized spacial score (nSPS) is 15.5. The van der Waals surface area contributed by atoms with Crippen LogP contribution >= 0.6 is 0 Å². The Morgan fingerprint density at radius 3 is 2.73 bits per heavy atom. The van der Waals surface area contributed by atoms with Gasteiger partial charge in [-0.15, -0.1) is 0 Å². The summed E-state index contributed by atoms with van der Waals surface area (Å²) >= 11 is 0. The van der Waals surface area contributed by atoms with Crippen LogP contribution in [0.2, 0.25) is 0 Å². The number of hydrogen-bond acceptors (Lipinski definition) is 7. The number of rotatable bonds is 8. The SMILES string of the molecule is CCOc1ccc(-c2noc(CN3CCN(CCOC)C(=O)C3)n2)cc1. The molecule has 0 atom stereocenters. The lowest BCUT2D eigenvalue weighted by Gasteiger charge is -2.33. The topological polar surface area (TPSA) is 80.9 Å². The van der Waals surface area contributed by atoms with Gasteiger partial charge in [-0.2, -0.15) is 4.98 Å². The lowest BCUT2D eigenvalue weighted by molar-refractivity contribution is -0.137. The number of aromatic nitrogens is 2. The van der Waals surface area contributed by atoms with E-state index in [0.717, 1.165) is 17.9 Å². The quantitative estimate of drug-likeness (QED) is 0.704. The van der Waals surface area contributed by atoms with Gasteiger partial charge in [-0.25, -0.2) is 0 Å². The molecule has 26 heavy (non-hydrogen) atoms. The fourth-order valence-corrected chi connectivity index (χ4v) is 2.82. The molecular formula is C18H24N4O4. The summed E-state index contributed by atoms with van der Waals surface area (Å²) in [5.41, 5.74) is 0.865. The molecule has 1 saturated heterocycles. The van der Waals surface area contributed by atoms with Crippen molar-refractivity contribution in [2.45, 2.75) is 13.5 Å². The molecule has 0 unspecified atom stereocenters. The van der Waals surface area contributed by atoms with E-state index in [-0.39, 0.29) is 5.91 Å². The molecule has 0 saturated carbocycles. The van der Waals surface area contributed by atoms with Gasteiger partial charge < -0.3 is 18.9 Å². The molecule has 1 fully saturated rings. The summed E-state index contributed by atoms with van der Waals surface area (Å²) in [6.07, 6.45) is 0. The molecule has 3 rings (SSSR count). The minimum absolute atomic E-state index is 0.0968. The van der Waals surface area contributed by atoms with Gasteiger partial charge in [0.15, 0.2) is 0 Å². The molecule has 1 aromatic carbocycles. The van der Waals surface area contributed by atoms with Crippen molar-refractivity contribution in [3.8, 4) is 17.1 Å². The Morgan fingerprint density at radius 1 is 1.23 bits per heavy atom. The highest BCUT2D eigenvalue weighted by atomic mass is 16.5. The maximum Gasteiger partial charge on any atom is 0.241 e. The third-order valence-electron chi connectivity index (χ3n) is 4.21. The Bertz CT molecular complexity index is 716. The van der Waals surface area contributed by atoms with Crippen molar-refractivity contribution in [2.24, 2.45) is 0 Å². The largest absolute Gasteiger partial charge is 0.494 e. The zero-order chi connectivity index (χ0) is 18.4. The summed E-state index contributed by atoms with van der Waals surface area (Å²) < 4.78 is 15.8. The zero-order valence-electron chi connectivity index (χ0n) is 15.2. The van der Waals surface area contributed by atoms with Crippen molar-refractivity contribution < 1.29 is 18.8 Å². The first-order chi connectivity index (χ1) is 12.7. The van der Waals surface area contributed by atoms with E-state index in [4.69, 9.17) is 14.0 Å². The van der Waals surface area contributed by atoms with Gasteiger partial charge in [0.1, 0.15) is 5.75 Å². The number of nitrogens with zero attached hydrogens (tertiary/aromatic N) is 4. The van der Waals surface area contributed by atoms with E-state index in [1.165, 1.54) is 0 Å². The van der Waals surface area contributed by atoms with Crippen molar-refractivity contribution in [3.05, 3.63) is 30.2 Å². The Labute approximate surface area is 152 Å². The van der Waals surface area contributed by atoms with Crippen LogP contribution in [0, 0.1) is 0 Å². The highest BCUT2D eigenvalue weighted by Crippen LogP contribution is 2.20. The predicted octanol–water partition coefficient (Wildman–Crippen LogP) is 1.43. The molecule has 1 aliphatic rings. The molecule has 2 heterocycles. The number of carbonyl (C=O) groups is 1. The minimum atomic E-state index is 0.0968. The van der Waals surface area contributed by atoms with Crippen molar-refractivity contribution >= 4 is 5.91 Å². The minimum Gasteiger partial charge on any atom is -0.494 e. The third kappa shape index (κ3) is 4.59. The van der Waals surface area contributed by atoms with Gasteiger partial charge in [-0.05, 0) is 31.2 Å². The Kier molecular flexibility index (Phi) is 6.19. The molecule has 140 valence electrons. The van der Waals surface area contributed by atoms with Crippen molar-refractivity contribution in [1.29, 1.82) is 0 Å². The van der Waals surface area contributed by atoms with Crippen LogP contribution in [-0.4, -0.2) is 72.4 Å². The molecule has 0 bridgehead atoms. The summed E-state index contributed by atoms with van der Waals surface area (Å²) in [6.45, 7) is 6.04. The van der Waals surface area contributed by atoms with E-state index in [1.807, 2.05) is 41.0 Å². The summed E-state index contributed by atoms with van der Waals surface area (Å²) in [5.74, 6) is 1.95.